The molecule has 54 heavy (non-hydrogen) atoms. The lowest BCUT2D eigenvalue weighted by molar-refractivity contribution is -0.167. The molecule has 0 fully saturated rings. The first-order valence-electron chi connectivity index (χ1n) is 23.9. The minimum Gasteiger partial charge on any atom is -0.462 e. The van der Waals surface area contributed by atoms with Gasteiger partial charge in [-0.1, -0.05) is 227 Å². The van der Waals surface area contributed by atoms with Crippen LogP contribution in [-0.2, 0) is 28.6 Å². The first-order chi connectivity index (χ1) is 26.4. The molecule has 0 bridgehead atoms. The second-order valence-electron chi connectivity index (χ2n) is 16.9. The van der Waals surface area contributed by atoms with Crippen LogP contribution in [0.15, 0.2) is 0 Å². The lowest BCUT2D eigenvalue weighted by Crippen LogP contribution is -2.30. The van der Waals surface area contributed by atoms with Crippen LogP contribution in [0.4, 0.5) is 0 Å². The van der Waals surface area contributed by atoms with Crippen LogP contribution in [0, 0.1) is 5.92 Å². The summed E-state index contributed by atoms with van der Waals surface area (Å²) in [6, 6.07) is 0. The number of esters is 3. The van der Waals surface area contributed by atoms with E-state index in [0.717, 1.165) is 63.7 Å². The van der Waals surface area contributed by atoms with Crippen molar-refractivity contribution in [3.05, 3.63) is 0 Å². The van der Waals surface area contributed by atoms with Crippen molar-refractivity contribution in [2.75, 3.05) is 13.2 Å². The third-order valence-corrected chi connectivity index (χ3v) is 10.8. The zero-order valence-corrected chi connectivity index (χ0v) is 36.7. The molecular weight excluding hydrogens is 673 g/mol. The van der Waals surface area contributed by atoms with E-state index in [0.29, 0.717) is 19.3 Å². The van der Waals surface area contributed by atoms with E-state index in [9.17, 15) is 14.4 Å². The van der Waals surface area contributed by atoms with Gasteiger partial charge in [0.15, 0.2) is 6.10 Å². The second kappa shape index (κ2) is 42.6. The molecule has 0 aliphatic carbocycles. The van der Waals surface area contributed by atoms with Gasteiger partial charge in [-0.3, -0.25) is 14.4 Å². The lowest BCUT2D eigenvalue weighted by Gasteiger charge is -2.18. The van der Waals surface area contributed by atoms with Crippen molar-refractivity contribution in [1.82, 2.24) is 0 Å². The molecule has 0 aromatic carbocycles. The van der Waals surface area contributed by atoms with E-state index in [1.807, 2.05) is 0 Å². The Morgan fingerprint density at radius 2 is 0.611 bits per heavy atom. The highest BCUT2D eigenvalue weighted by Crippen LogP contribution is 2.16. The Bertz CT molecular complexity index is 811. The van der Waals surface area contributed by atoms with Crippen molar-refractivity contribution < 1.29 is 28.6 Å². The van der Waals surface area contributed by atoms with Gasteiger partial charge in [-0.25, -0.2) is 0 Å². The molecule has 320 valence electrons. The van der Waals surface area contributed by atoms with Crippen molar-refractivity contribution in [2.45, 2.75) is 271 Å². The summed E-state index contributed by atoms with van der Waals surface area (Å²) in [5.41, 5.74) is 0. The van der Waals surface area contributed by atoms with E-state index in [1.165, 1.54) is 161 Å². The highest BCUT2D eigenvalue weighted by atomic mass is 16.6. The van der Waals surface area contributed by atoms with Crippen molar-refractivity contribution in [3.63, 3.8) is 0 Å². The maximum atomic E-state index is 12.7. The number of rotatable bonds is 43. The minimum atomic E-state index is -0.759. The average Bonchev–Trinajstić information content (AvgIpc) is 3.15. The fourth-order valence-corrected chi connectivity index (χ4v) is 7.16. The topological polar surface area (TPSA) is 78.9 Å². The molecule has 0 rings (SSSR count). The van der Waals surface area contributed by atoms with E-state index in [4.69, 9.17) is 14.2 Å². The Kier molecular flexibility index (Phi) is 41.3. The zero-order valence-electron chi connectivity index (χ0n) is 36.7. The Balaban J connectivity index is 4.26. The number of hydrogen-bond donors (Lipinski definition) is 0. The van der Waals surface area contributed by atoms with Crippen LogP contribution in [0.25, 0.3) is 0 Å². The highest BCUT2D eigenvalue weighted by Gasteiger charge is 2.19. The van der Waals surface area contributed by atoms with Crippen LogP contribution in [0.5, 0.6) is 0 Å². The molecule has 0 radical (unpaired) electrons. The predicted molar refractivity (Wildman–Crippen MR) is 229 cm³/mol. The van der Waals surface area contributed by atoms with E-state index in [-0.39, 0.29) is 31.1 Å². The summed E-state index contributed by atoms with van der Waals surface area (Å²) in [5, 5.41) is 0. The zero-order chi connectivity index (χ0) is 39.6. The maximum Gasteiger partial charge on any atom is 0.306 e. The highest BCUT2D eigenvalue weighted by molar-refractivity contribution is 5.71. The molecule has 0 aliphatic heterocycles. The van der Waals surface area contributed by atoms with Gasteiger partial charge in [0.05, 0.1) is 0 Å². The molecule has 1 atom stereocenters. The molecule has 0 aromatic rings. The second-order valence-corrected chi connectivity index (χ2v) is 16.9. The average molecular weight is 765 g/mol. The normalized spacial score (nSPS) is 11.9. The standard InChI is InChI=1S/C48H92O6/c1-5-7-9-11-13-15-17-18-19-20-21-23-24-26-31-35-39-46(49)52-42-45(43-53-47(50)40-36-32-29-28-30-34-38-44(3)4)54-48(51)41-37-33-27-25-22-16-14-12-10-8-6-2/h44-45H,5-43H2,1-4H3/t45-/m0/s1. The van der Waals surface area contributed by atoms with Crippen molar-refractivity contribution in [2.24, 2.45) is 5.92 Å². The first-order valence-corrected chi connectivity index (χ1v) is 23.9. The van der Waals surface area contributed by atoms with Crippen LogP contribution in [0.1, 0.15) is 265 Å². The van der Waals surface area contributed by atoms with Gasteiger partial charge in [0.1, 0.15) is 13.2 Å². The quantitative estimate of drug-likeness (QED) is 0.0349. The summed E-state index contributed by atoms with van der Waals surface area (Å²) in [7, 11) is 0. The molecule has 0 aliphatic rings. The van der Waals surface area contributed by atoms with Crippen LogP contribution >= 0.6 is 0 Å². The molecule has 0 saturated carbocycles. The molecule has 0 heterocycles. The third kappa shape index (κ3) is 41.6. The summed E-state index contributed by atoms with van der Waals surface area (Å²) in [6.07, 6.45) is 42.4. The van der Waals surface area contributed by atoms with Gasteiger partial charge >= 0.3 is 17.9 Å². The minimum absolute atomic E-state index is 0.0641. The van der Waals surface area contributed by atoms with Crippen LogP contribution in [0.3, 0.4) is 0 Å². The van der Waals surface area contributed by atoms with E-state index in [1.54, 1.807) is 0 Å². The molecule has 0 N–H and O–H groups in total. The monoisotopic (exact) mass is 765 g/mol. The summed E-state index contributed by atoms with van der Waals surface area (Å²) in [6.45, 7) is 8.93. The molecule has 0 aromatic heterocycles. The summed E-state index contributed by atoms with van der Waals surface area (Å²) >= 11 is 0. The largest absolute Gasteiger partial charge is 0.462 e. The summed E-state index contributed by atoms with van der Waals surface area (Å²) in [5.74, 6) is -0.0925. The van der Waals surface area contributed by atoms with Gasteiger partial charge in [0.2, 0.25) is 0 Å². The fourth-order valence-electron chi connectivity index (χ4n) is 7.16. The van der Waals surface area contributed by atoms with Crippen molar-refractivity contribution >= 4 is 17.9 Å². The number of hydrogen-bond acceptors (Lipinski definition) is 6. The van der Waals surface area contributed by atoms with Gasteiger partial charge < -0.3 is 14.2 Å². The number of carbonyl (C=O) groups is 3. The third-order valence-electron chi connectivity index (χ3n) is 10.8. The van der Waals surface area contributed by atoms with Crippen molar-refractivity contribution in [3.8, 4) is 0 Å². The van der Waals surface area contributed by atoms with E-state index in [2.05, 4.69) is 27.7 Å². The molecule has 0 unspecified atom stereocenters. The van der Waals surface area contributed by atoms with Gasteiger partial charge in [-0.15, -0.1) is 0 Å². The Morgan fingerprint density at radius 1 is 0.352 bits per heavy atom. The molecule has 6 heteroatoms. The smallest absolute Gasteiger partial charge is 0.306 e. The Hall–Kier alpha value is -1.59. The van der Waals surface area contributed by atoms with Crippen LogP contribution in [0.2, 0.25) is 0 Å². The molecular formula is C48H92O6. The van der Waals surface area contributed by atoms with Gasteiger partial charge in [0.25, 0.3) is 0 Å². The van der Waals surface area contributed by atoms with Crippen molar-refractivity contribution in [1.29, 1.82) is 0 Å². The fraction of sp³-hybridized carbons (Fsp3) is 0.938. The van der Waals surface area contributed by atoms with E-state index < -0.39 is 6.10 Å². The molecule has 0 saturated heterocycles. The lowest BCUT2D eigenvalue weighted by atomic mass is 10.0. The predicted octanol–water partition coefficient (Wildman–Crippen LogP) is 15.1. The van der Waals surface area contributed by atoms with Crippen LogP contribution in [-0.4, -0.2) is 37.2 Å². The first kappa shape index (κ1) is 52.4. The van der Waals surface area contributed by atoms with Gasteiger partial charge in [0, 0.05) is 19.3 Å². The molecule has 0 spiro atoms. The van der Waals surface area contributed by atoms with E-state index >= 15 is 0 Å². The number of ether oxygens (including phenoxy) is 3. The Labute approximate surface area is 336 Å². The SMILES string of the molecule is CCCCCCCCCCCCCCCCCCC(=O)OC[C@@H](COC(=O)CCCCCCCCC(C)C)OC(=O)CCCCCCCCCCCCC. The maximum absolute atomic E-state index is 12.7. The number of carbonyl (C=O) groups excluding carboxylic acids is 3. The van der Waals surface area contributed by atoms with Gasteiger partial charge in [-0.05, 0) is 25.2 Å². The summed E-state index contributed by atoms with van der Waals surface area (Å²) < 4.78 is 16.7. The molecule has 6 nitrogen and oxygen atoms in total. The van der Waals surface area contributed by atoms with Crippen LogP contribution < -0.4 is 0 Å². The summed E-state index contributed by atoms with van der Waals surface area (Å²) in [4.78, 5) is 37.7. The van der Waals surface area contributed by atoms with Gasteiger partial charge in [-0.2, -0.15) is 0 Å². The Morgan fingerprint density at radius 3 is 0.907 bits per heavy atom. The molecule has 0 amide bonds. The number of unbranched alkanes of at least 4 members (excludes halogenated alkanes) is 30.